The second kappa shape index (κ2) is 6.53. The van der Waals surface area contributed by atoms with Crippen molar-refractivity contribution in [2.45, 2.75) is 0 Å². The first-order valence-electron chi connectivity index (χ1n) is 4.99. The second-order valence-electron chi connectivity index (χ2n) is 3.55. The molecule has 1 rings (SSSR count). The molecule has 1 aromatic carbocycles. The second-order valence-corrected chi connectivity index (χ2v) is 4.78. The van der Waals surface area contributed by atoms with Crippen LogP contribution in [-0.2, 0) is 9.59 Å². The van der Waals surface area contributed by atoms with E-state index in [1.807, 2.05) is 0 Å². The number of carboxylic acids is 2. The Hall–Kier alpha value is -1.60. The molecule has 2 N–H and O–H groups in total. The Bertz CT molecular complexity index is 518. The fourth-order valence-corrected chi connectivity index (χ4v) is 1.94. The number of amides is 1. The van der Waals surface area contributed by atoms with Gasteiger partial charge in [-0.3, -0.25) is 14.4 Å². The lowest BCUT2D eigenvalue weighted by atomic mass is 10.2. The van der Waals surface area contributed by atoms with Gasteiger partial charge in [0, 0.05) is 4.47 Å². The third-order valence-corrected chi connectivity index (χ3v) is 3.42. The molecule has 1 amide bonds. The topological polar surface area (TPSA) is 94.9 Å². The van der Waals surface area contributed by atoms with Gasteiger partial charge in [0.15, 0.2) is 0 Å². The lowest BCUT2D eigenvalue weighted by Crippen LogP contribution is -2.39. The number of aliphatic carboxylic acids is 2. The normalized spacial score (nSPS) is 10.0. The average Bonchev–Trinajstić information content (AvgIpc) is 2.30. The first kappa shape index (κ1) is 15.5. The summed E-state index contributed by atoms with van der Waals surface area (Å²) in [6.07, 6.45) is 0. The Labute approximate surface area is 121 Å². The van der Waals surface area contributed by atoms with Gasteiger partial charge in [-0.25, -0.2) is 0 Å². The van der Waals surface area contributed by atoms with Gasteiger partial charge in [0.05, 0.1) is 10.6 Å². The van der Waals surface area contributed by atoms with Crippen LogP contribution in [0.25, 0.3) is 0 Å². The van der Waals surface area contributed by atoms with E-state index in [0.717, 1.165) is 0 Å². The summed E-state index contributed by atoms with van der Waals surface area (Å²) in [6, 6.07) is 4.55. The van der Waals surface area contributed by atoms with E-state index < -0.39 is 30.9 Å². The Morgan fingerprint density at radius 1 is 1.16 bits per heavy atom. The minimum Gasteiger partial charge on any atom is -0.480 e. The standard InChI is InChI=1S/C11H9BrClNO5/c12-7-3-1-2-6(10(7)13)11(19)14(4-8(15)16)5-9(17)18/h1-3H,4-5H2,(H,15,16)(H,17,18). The summed E-state index contributed by atoms with van der Waals surface area (Å²) in [5.41, 5.74) is 0.0403. The third-order valence-electron chi connectivity index (χ3n) is 2.12. The van der Waals surface area contributed by atoms with Crippen molar-refractivity contribution in [2.24, 2.45) is 0 Å². The molecule has 0 aliphatic carbocycles. The van der Waals surface area contributed by atoms with Crippen LogP contribution < -0.4 is 0 Å². The van der Waals surface area contributed by atoms with Crippen LogP contribution in [0.1, 0.15) is 10.4 Å². The smallest absolute Gasteiger partial charge is 0.323 e. The quantitative estimate of drug-likeness (QED) is 0.843. The van der Waals surface area contributed by atoms with Gasteiger partial charge >= 0.3 is 11.9 Å². The molecule has 0 unspecified atom stereocenters. The average molecular weight is 351 g/mol. The van der Waals surface area contributed by atoms with E-state index in [-0.39, 0.29) is 10.6 Å². The van der Waals surface area contributed by atoms with Crippen LogP contribution in [0.3, 0.4) is 0 Å². The summed E-state index contributed by atoms with van der Waals surface area (Å²) in [7, 11) is 0. The molecule has 0 aliphatic heterocycles. The molecule has 102 valence electrons. The van der Waals surface area contributed by atoms with Crippen molar-refractivity contribution in [1.82, 2.24) is 4.90 Å². The summed E-state index contributed by atoms with van der Waals surface area (Å²) >= 11 is 9.05. The van der Waals surface area contributed by atoms with Gasteiger partial charge < -0.3 is 15.1 Å². The summed E-state index contributed by atoms with van der Waals surface area (Å²) in [4.78, 5) is 34.1. The summed E-state index contributed by atoms with van der Waals surface area (Å²) in [5.74, 6) is -3.36. The maximum absolute atomic E-state index is 12.1. The number of carbonyl (C=O) groups is 3. The van der Waals surface area contributed by atoms with Crippen LogP contribution in [0.2, 0.25) is 5.02 Å². The zero-order valence-electron chi connectivity index (χ0n) is 9.47. The van der Waals surface area contributed by atoms with Crippen molar-refractivity contribution in [2.75, 3.05) is 13.1 Å². The van der Waals surface area contributed by atoms with E-state index in [1.54, 1.807) is 12.1 Å². The van der Waals surface area contributed by atoms with Crippen molar-refractivity contribution in [1.29, 1.82) is 0 Å². The van der Waals surface area contributed by atoms with E-state index in [2.05, 4.69) is 15.9 Å². The van der Waals surface area contributed by atoms with Gasteiger partial charge in [-0.2, -0.15) is 0 Å². The van der Waals surface area contributed by atoms with E-state index in [0.29, 0.717) is 9.37 Å². The van der Waals surface area contributed by atoms with Crippen molar-refractivity contribution >= 4 is 45.4 Å². The molecule has 0 radical (unpaired) electrons. The molecule has 19 heavy (non-hydrogen) atoms. The van der Waals surface area contributed by atoms with E-state index in [4.69, 9.17) is 21.8 Å². The lowest BCUT2D eigenvalue weighted by molar-refractivity contribution is -0.140. The van der Waals surface area contributed by atoms with Crippen molar-refractivity contribution < 1.29 is 24.6 Å². The molecule has 0 saturated heterocycles. The maximum atomic E-state index is 12.1. The van der Waals surface area contributed by atoms with E-state index >= 15 is 0 Å². The number of carboxylic acid groups (broad SMARTS) is 2. The molecule has 0 bridgehead atoms. The van der Waals surface area contributed by atoms with E-state index in [9.17, 15) is 14.4 Å². The fourth-order valence-electron chi connectivity index (χ4n) is 1.37. The summed E-state index contributed by atoms with van der Waals surface area (Å²) in [5, 5.41) is 17.5. The third kappa shape index (κ3) is 4.22. The number of hydrogen-bond donors (Lipinski definition) is 2. The lowest BCUT2D eigenvalue weighted by Gasteiger charge is -2.19. The van der Waals surface area contributed by atoms with Crippen LogP contribution in [0.4, 0.5) is 0 Å². The highest BCUT2D eigenvalue weighted by molar-refractivity contribution is 9.10. The fraction of sp³-hybridized carbons (Fsp3) is 0.182. The van der Waals surface area contributed by atoms with E-state index in [1.165, 1.54) is 6.07 Å². The van der Waals surface area contributed by atoms with Gasteiger partial charge in [0.2, 0.25) is 0 Å². The van der Waals surface area contributed by atoms with Crippen LogP contribution >= 0.6 is 27.5 Å². The molecule has 6 nitrogen and oxygen atoms in total. The van der Waals surface area contributed by atoms with Gasteiger partial charge in [-0.05, 0) is 28.1 Å². The monoisotopic (exact) mass is 349 g/mol. The van der Waals surface area contributed by atoms with Crippen LogP contribution in [0, 0.1) is 0 Å². The molecule has 8 heteroatoms. The first-order valence-corrected chi connectivity index (χ1v) is 6.17. The number of carbonyl (C=O) groups excluding carboxylic acids is 1. The minimum absolute atomic E-state index is 0.0403. The predicted octanol–water partition coefficient (Wildman–Crippen LogP) is 1.71. The predicted molar refractivity (Wildman–Crippen MR) is 70.3 cm³/mol. The molecule has 0 aliphatic rings. The Morgan fingerprint density at radius 2 is 1.68 bits per heavy atom. The first-order chi connectivity index (χ1) is 8.82. The number of benzene rings is 1. The molecule has 0 fully saturated rings. The number of rotatable bonds is 5. The molecule has 0 atom stereocenters. The molecular formula is C11H9BrClNO5. The summed E-state index contributed by atoms with van der Waals surface area (Å²) < 4.78 is 0.464. The van der Waals surface area contributed by atoms with Crippen LogP contribution in [0.5, 0.6) is 0 Å². The molecule has 1 aromatic rings. The molecular weight excluding hydrogens is 341 g/mol. The molecule has 0 saturated carbocycles. The van der Waals surface area contributed by atoms with Crippen molar-refractivity contribution in [3.05, 3.63) is 33.3 Å². The zero-order valence-corrected chi connectivity index (χ0v) is 11.8. The Balaban J connectivity index is 3.07. The van der Waals surface area contributed by atoms with Crippen molar-refractivity contribution in [3.8, 4) is 0 Å². The van der Waals surface area contributed by atoms with Gasteiger partial charge in [-0.1, -0.05) is 17.7 Å². The Morgan fingerprint density at radius 3 is 2.16 bits per heavy atom. The molecule has 0 aromatic heterocycles. The Kier molecular flexibility index (Phi) is 5.31. The highest BCUT2D eigenvalue weighted by atomic mass is 79.9. The van der Waals surface area contributed by atoms with Crippen LogP contribution in [0.15, 0.2) is 22.7 Å². The van der Waals surface area contributed by atoms with Gasteiger partial charge in [-0.15, -0.1) is 0 Å². The number of nitrogens with zero attached hydrogens (tertiary/aromatic N) is 1. The SMILES string of the molecule is O=C(O)CN(CC(=O)O)C(=O)c1cccc(Br)c1Cl. The minimum atomic E-state index is -1.30. The van der Waals surface area contributed by atoms with Gasteiger partial charge in [0.1, 0.15) is 13.1 Å². The maximum Gasteiger partial charge on any atom is 0.323 e. The zero-order chi connectivity index (χ0) is 14.6. The highest BCUT2D eigenvalue weighted by Crippen LogP contribution is 2.26. The van der Waals surface area contributed by atoms with Crippen molar-refractivity contribution in [3.63, 3.8) is 0 Å². The van der Waals surface area contributed by atoms with Gasteiger partial charge in [0.25, 0.3) is 5.91 Å². The number of hydrogen-bond acceptors (Lipinski definition) is 3. The molecule has 0 heterocycles. The summed E-state index contributed by atoms with van der Waals surface area (Å²) in [6.45, 7) is -1.43. The highest BCUT2D eigenvalue weighted by Gasteiger charge is 2.23. The molecule has 0 spiro atoms. The largest absolute Gasteiger partial charge is 0.480 e. The number of halogens is 2. The van der Waals surface area contributed by atoms with Crippen LogP contribution in [-0.4, -0.2) is 46.0 Å².